The quantitative estimate of drug-likeness (QED) is 0.631. The molecule has 0 radical (unpaired) electrons. The lowest BCUT2D eigenvalue weighted by atomic mass is 10.1. The third-order valence-corrected chi connectivity index (χ3v) is 1.98. The summed E-state index contributed by atoms with van der Waals surface area (Å²) in [4.78, 5) is 18.7. The van der Waals surface area contributed by atoms with E-state index in [9.17, 15) is 9.59 Å². The summed E-state index contributed by atoms with van der Waals surface area (Å²) >= 11 is 0. The Morgan fingerprint density at radius 3 is 1.45 bits per heavy atom. The van der Waals surface area contributed by atoms with Crippen LogP contribution < -0.4 is 0 Å². The van der Waals surface area contributed by atoms with Crippen LogP contribution in [0.2, 0.25) is 0 Å². The van der Waals surface area contributed by atoms with Crippen LogP contribution >= 0.6 is 0 Å². The Kier molecular flexibility index (Phi) is 12.4. The number of aliphatic hydroxyl groups excluding tert-OH is 1. The van der Waals surface area contributed by atoms with Crippen molar-refractivity contribution in [2.45, 2.75) is 39.9 Å². The van der Waals surface area contributed by atoms with Gasteiger partial charge in [0.25, 0.3) is 0 Å². The highest BCUT2D eigenvalue weighted by Gasteiger charge is 1.98. The van der Waals surface area contributed by atoms with Crippen LogP contribution in [0.3, 0.4) is 0 Å². The number of rotatable bonds is 3. The third-order valence-electron chi connectivity index (χ3n) is 1.98. The number of carbonyl (C=O) groups is 2. The molecule has 1 rings (SSSR count). The molecular weight excluding hydrogens is 264 g/mol. The summed E-state index contributed by atoms with van der Waals surface area (Å²) in [6.07, 6.45) is -0.902. The molecule has 0 saturated carbocycles. The molecule has 114 valence electrons. The Balaban J connectivity index is 0. The van der Waals surface area contributed by atoms with Gasteiger partial charge in [0.2, 0.25) is 0 Å². The third kappa shape index (κ3) is 14.1. The summed E-state index contributed by atoms with van der Waals surface area (Å²) in [5.74, 6) is -1.49. The first-order valence-electron chi connectivity index (χ1n) is 6.10. The predicted molar refractivity (Wildman–Crippen MR) is 74.2 cm³/mol. The van der Waals surface area contributed by atoms with Crippen molar-refractivity contribution in [1.82, 2.24) is 0 Å². The lowest BCUT2D eigenvalue weighted by molar-refractivity contribution is -0.137. The van der Waals surface area contributed by atoms with Gasteiger partial charge in [-0.2, -0.15) is 0 Å². The van der Waals surface area contributed by atoms with Gasteiger partial charge in [-0.15, -0.1) is 0 Å². The minimum Gasteiger partial charge on any atom is -0.481 e. The van der Waals surface area contributed by atoms with Crippen LogP contribution in [0.15, 0.2) is 24.3 Å². The number of hydrogen-bond donors (Lipinski definition) is 4. The highest BCUT2D eigenvalue weighted by molar-refractivity contribution is 5.66. The van der Waals surface area contributed by atoms with E-state index in [0.717, 1.165) is 5.56 Å². The summed E-state index contributed by atoms with van der Waals surface area (Å²) in [5, 5.41) is 32.8. The molecule has 0 heterocycles. The average molecular weight is 286 g/mol. The number of benzene rings is 1. The van der Waals surface area contributed by atoms with Crippen LogP contribution in [-0.4, -0.2) is 32.4 Å². The zero-order valence-corrected chi connectivity index (χ0v) is 11.9. The van der Waals surface area contributed by atoms with Gasteiger partial charge < -0.3 is 20.4 Å². The molecule has 0 aliphatic carbocycles. The van der Waals surface area contributed by atoms with E-state index in [1.54, 1.807) is 26.0 Å². The Labute approximate surface area is 118 Å². The molecule has 0 unspecified atom stereocenters. The van der Waals surface area contributed by atoms with E-state index in [2.05, 4.69) is 0 Å². The number of carboxylic acid groups (broad SMARTS) is 2. The lowest BCUT2D eigenvalue weighted by Gasteiger charge is -2.02. The van der Waals surface area contributed by atoms with Crippen LogP contribution in [0.1, 0.15) is 44.1 Å². The molecule has 6 nitrogen and oxygen atoms in total. The second-order valence-corrected chi connectivity index (χ2v) is 3.78. The van der Waals surface area contributed by atoms with E-state index in [4.69, 9.17) is 20.4 Å². The van der Waals surface area contributed by atoms with Crippen molar-refractivity contribution in [3.8, 4) is 0 Å². The highest BCUT2D eigenvalue weighted by Crippen LogP contribution is 2.09. The fourth-order valence-corrected chi connectivity index (χ4v) is 0.739. The van der Waals surface area contributed by atoms with Crippen LogP contribution in [0.5, 0.6) is 0 Å². The molecule has 20 heavy (non-hydrogen) atoms. The Morgan fingerprint density at radius 1 is 0.950 bits per heavy atom. The second kappa shape index (κ2) is 12.1. The first-order valence-corrected chi connectivity index (χ1v) is 6.10. The maximum Gasteiger partial charge on any atom is 0.303 e. The maximum atomic E-state index is 9.37. The topological polar surface area (TPSA) is 115 Å². The van der Waals surface area contributed by atoms with Crippen molar-refractivity contribution in [2.24, 2.45) is 0 Å². The predicted octanol–water partition coefficient (Wildman–Crippen LogP) is 1.94. The minimum atomic E-state index is -1.35. The molecule has 4 N–H and O–H groups in total. The van der Waals surface area contributed by atoms with Crippen LogP contribution in [-0.2, 0) is 9.59 Å². The maximum absolute atomic E-state index is 9.37. The molecule has 0 spiro atoms. The first-order chi connectivity index (χ1) is 9.24. The molecule has 0 bridgehead atoms. The van der Waals surface area contributed by atoms with Crippen molar-refractivity contribution in [3.05, 3.63) is 35.4 Å². The molecule has 1 aromatic carbocycles. The van der Waals surface area contributed by atoms with Gasteiger partial charge in [-0.05, 0) is 6.92 Å². The Hall–Kier alpha value is -1.92. The van der Waals surface area contributed by atoms with Crippen molar-refractivity contribution in [1.29, 1.82) is 0 Å². The molecule has 0 atom stereocenters. The summed E-state index contributed by atoms with van der Waals surface area (Å²) in [6.45, 7) is 5.15. The van der Waals surface area contributed by atoms with Gasteiger partial charge in [-0.25, -0.2) is 0 Å². The van der Waals surface area contributed by atoms with Crippen LogP contribution in [0.25, 0.3) is 0 Å². The normalized spacial score (nSPS) is 8.90. The van der Waals surface area contributed by atoms with Crippen LogP contribution in [0.4, 0.5) is 0 Å². The molecule has 0 fully saturated rings. The molecule has 0 saturated heterocycles. The van der Waals surface area contributed by atoms with Crippen molar-refractivity contribution >= 4 is 11.9 Å². The highest BCUT2D eigenvalue weighted by atomic mass is 16.5. The largest absolute Gasteiger partial charge is 0.481 e. The first kappa shape index (κ1) is 20.4. The summed E-state index contributed by atoms with van der Waals surface area (Å²) < 4.78 is 0. The van der Waals surface area contributed by atoms with Gasteiger partial charge in [0.1, 0.15) is 0 Å². The van der Waals surface area contributed by atoms with Gasteiger partial charge in [0.15, 0.2) is 6.29 Å². The molecule has 6 heteroatoms. The van der Waals surface area contributed by atoms with Crippen molar-refractivity contribution < 1.29 is 30.0 Å². The van der Waals surface area contributed by atoms with Gasteiger partial charge in [-0.1, -0.05) is 43.7 Å². The van der Waals surface area contributed by atoms with Gasteiger partial charge in [-0.3, -0.25) is 9.59 Å². The van der Waals surface area contributed by atoms with E-state index in [0.29, 0.717) is 5.56 Å². The summed E-state index contributed by atoms with van der Waals surface area (Å²) in [7, 11) is 0. The number of aliphatic hydroxyl groups is 2. The Morgan fingerprint density at radius 2 is 1.25 bits per heavy atom. The molecule has 0 amide bonds. The number of carboxylic acids is 2. The zero-order valence-electron chi connectivity index (χ0n) is 11.9. The second-order valence-electron chi connectivity index (χ2n) is 3.78. The van der Waals surface area contributed by atoms with E-state index < -0.39 is 18.2 Å². The number of aryl methyl sites for hydroxylation is 1. The van der Waals surface area contributed by atoms with Crippen molar-refractivity contribution in [2.75, 3.05) is 0 Å². The molecule has 1 aromatic rings. The average Bonchev–Trinajstić information content (AvgIpc) is 2.40. The molecule has 0 aliphatic rings. The smallest absolute Gasteiger partial charge is 0.303 e. The van der Waals surface area contributed by atoms with Crippen LogP contribution in [0, 0.1) is 6.92 Å². The molecule has 0 aliphatic heterocycles. The van der Waals surface area contributed by atoms with E-state index in [1.165, 1.54) is 0 Å². The summed E-state index contributed by atoms with van der Waals surface area (Å²) in [6, 6.07) is 7.07. The lowest BCUT2D eigenvalue weighted by Crippen LogP contribution is -1.93. The van der Waals surface area contributed by atoms with E-state index in [1.807, 2.05) is 19.1 Å². The fourth-order valence-electron chi connectivity index (χ4n) is 0.739. The fraction of sp³-hybridized carbons (Fsp3) is 0.429. The van der Waals surface area contributed by atoms with E-state index in [-0.39, 0.29) is 12.8 Å². The van der Waals surface area contributed by atoms with Gasteiger partial charge in [0.05, 0.1) is 0 Å². The Bertz CT molecular complexity index is 369. The monoisotopic (exact) mass is 286 g/mol. The number of aliphatic carboxylic acids is 2. The molecule has 0 aromatic heterocycles. The minimum absolute atomic E-state index is 0.222. The SMILES string of the molecule is CCC(=O)O.CCC(=O)O.Cc1ccc(C(O)O)cc1. The van der Waals surface area contributed by atoms with E-state index >= 15 is 0 Å². The van der Waals surface area contributed by atoms with Gasteiger partial charge in [0, 0.05) is 18.4 Å². The zero-order chi connectivity index (χ0) is 16.1. The van der Waals surface area contributed by atoms with Gasteiger partial charge >= 0.3 is 11.9 Å². The molecular formula is C14H22O6. The summed E-state index contributed by atoms with van der Waals surface area (Å²) in [5.41, 5.74) is 1.65. The van der Waals surface area contributed by atoms with Crippen molar-refractivity contribution in [3.63, 3.8) is 0 Å². The number of hydrogen-bond acceptors (Lipinski definition) is 4. The standard InChI is InChI=1S/C8H10O2.2C3H6O2/c1-6-2-4-7(5-3-6)8(9)10;2*1-2-3(4)5/h2-5,8-10H,1H3;2*2H2,1H3,(H,4,5).